The van der Waals surface area contributed by atoms with Gasteiger partial charge in [0, 0.05) is 37.3 Å². The summed E-state index contributed by atoms with van der Waals surface area (Å²) in [7, 11) is 1.91. The molecule has 1 fully saturated rings. The average molecular weight is 580 g/mol. The van der Waals surface area contributed by atoms with E-state index in [1.165, 1.54) is 12.1 Å². The van der Waals surface area contributed by atoms with Gasteiger partial charge in [-0.1, -0.05) is 6.07 Å². The van der Waals surface area contributed by atoms with Gasteiger partial charge in [0.15, 0.2) is 5.82 Å². The van der Waals surface area contributed by atoms with Crippen molar-refractivity contribution in [3.05, 3.63) is 65.0 Å². The zero-order valence-electron chi connectivity index (χ0n) is 21.7. The molecule has 15 heteroatoms. The molecule has 41 heavy (non-hydrogen) atoms. The number of alkyl halides is 3. The molecule has 0 N–H and O–H groups in total. The molecule has 0 bridgehead atoms. The number of fused-ring (bicyclic) bond motifs is 1. The van der Waals surface area contributed by atoms with E-state index in [4.69, 9.17) is 0 Å². The number of hydroxylamine groups is 2. The molecule has 1 aromatic heterocycles. The summed E-state index contributed by atoms with van der Waals surface area (Å²) in [4.78, 5) is 42.9. The number of halogens is 6. The maximum Gasteiger partial charge on any atom is 0.493 e. The van der Waals surface area contributed by atoms with Crippen LogP contribution in [0.25, 0.3) is 11.3 Å². The number of carbonyl (C=O) groups is 2. The van der Waals surface area contributed by atoms with E-state index >= 15 is 8.78 Å². The van der Waals surface area contributed by atoms with Gasteiger partial charge in [0.05, 0.1) is 12.2 Å². The topological polar surface area (TPSA) is 82.1 Å². The molecule has 5 rings (SSSR count). The van der Waals surface area contributed by atoms with Crippen LogP contribution in [0, 0.1) is 24.4 Å². The van der Waals surface area contributed by atoms with Crippen molar-refractivity contribution in [2.24, 2.45) is 0 Å². The Morgan fingerprint density at radius 1 is 0.976 bits per heavy atom. The van der Waals surface area contributed by atoms with Crippen molar-refractivity contribution in [2.75, 3.05) is 43.0 Å². The van der Waals surface area contributed by atoms with Crippen LogP contribution in [0.5, 0.6) is 0 Å². The molecule has 0 spiro atoms. The predicted molar refractivity (Wildman–Crippen MR) is 133 cm³/mol. The first-order valence-corrected chi connectivity index (χ1v) is 12.3. The molecule has 0 aliphatic carbocycles. The van der Waals surface area contributed by atoms with E-state index in [2.05, 4.69) is 19.7 Å². The highest BCUT2D eigenvalue weighted by Gasteiger charge is 2.47. The lowest BCUT2D eigenvalue weighted by Crippen LogP contribution is -2.49. The number of benzene rings is 2. The number of para-hydroxylation sites is 1. The van der Waals surface area contributed by atoms with E-state index < -0.39 is 47.9 Å². The van der Waals surface area contributed by atoms with E-state index in [1.54, 1.807) is 11.8 Å². The number of aryl methyl sites for hydroxylation is 1. The lowest BCUT2D eigenvalue weighted by molar-refractivity contribution is -0.229. The summed E-state index contributed by atoms with van der Waals surface area (Å²) in [5, 5.41) is 0.0330. The first-order valence-electron chi connectivity index (χ1n) is 12.3. The van der Waals surface area contributed by atoms with E-state index in [0.717, 1.165) is 24.3 Å². The minimum Gasteiger partial charge on any atom is -0.338 e. The molecule has 0 radical (unpaired) electrons. The molecule has 0 unspecified atom stereocenters. The van der Waals surface area contributed by atoms with Gasteiger partial charge in [0.1, 0.15) is 23.1 Å². The summed E-state index contributed by atoms with van der Waals surface area (Å²) in [6, 6.07) is 4.94. The summed E-state index contributed by atoms with van der Waals surface area (Å²) in [6.07, 6.45) is -5.48. The molecule has 3 heterocycles. The number of nitrogens with zero attached hydrogens (tertiary/aromatic N) is 6. The second-order valence-corrected chi connectivity index (χ2v) is 9.53. The van der Waals surface area contributed by atoms with Crippen molar-refractivity contribution >= 4 is 29.5 Å². The van der Waals surface area contributed by atoms with Crippen molar-refractivity contribution in [1.82, 2.24) is 19.9 Å². The smallest absolute Gasteiger partial charge is 0.338 e. The second-order valence-electron chi connectivity index (χ2n) is 9.53. The Bertz CT molecular complexity index is 1510. The summed E-state index contributed by atoms with van der Waals surface area (Å²) in [5.74, 6) is -6.01. The Labute approximate surface area is 229 Å². The lowest BCUT2D eigenvalue weighted by Gasteiger charge is -2.37. The summed E-state index contributed by atoms with van der Waals surface area (Å²) < 4.78 is 83.4. The Morgan fingerprint density at radius 2 is 1.63 bits per heavy atom. The first kappa shape index (κ1) is 28.1. The molecule has 0 saturated carbocycles. The first-order chi connectivity index (χ1) is 19.3. The standard InChI is InChI=1S/C26H22F6N6O3/c1-14-12-15(27)6-7-16(14)20-17-13-37(41-23(39)26(30,31)32)25(40)38(21-18(28)4-3-5-19(21)29)22(17)34-24(33-20)36-10-8-35(2)9-11-36/h3-7,12H,8-11,13H2,1-2H3. The third-order valence-electron chi connectivity index (χ3n) is 6.71. The van der Waals surface area contributed by atoms with Crippen LogP contribution in [0.4, 0.5) is 48.6 Å². The van der Waals surface area contributed by atoms with Gasteiger partial charge in [-0.2, -0.15) is 18.2 Å². The minimum absolute atomic E-state index is 0.0330. The fourth-order valence-electron chi connectivity index (χ4n) is 4.60. The summed E-state index contributed by atoms with van der Waals surface area (Å²) in [6.45, 7) is 2.92. The molecule has 216 valence electrons. The fraction of sp³-hybridized carbons (Fsp3) is 0.308. The van der Waals surface area contributed by atoms with Gasteiger partial charge in [0.25, 0.3) is 0 Å². The highest BCUT2D eigenvalue weighted by Crippen LogP contribution is 2.42. The van der Waals surface area contributed by atoms with Crippen molar-refractivity contribution < 1.29 is 40.8 Å². The Morgan fingerprint density at radius 3 is 2.24 bits per heavy atom. The number of carbonyl (C=O) groups excluding carboxylic acids is 2. The molecular formula is C26H22F6N6O3. The lowest BCUT2D eigenvalue weighted by atomic mass is 10.00. The molecular weight excluding hydrogens is 558 g/mol. The van der Waals surface area contributed by atoms with Gasteiger partial charge in [-0.25, -0.2) is 32.6 Å². The van der Waals surface area contributed by atoms with Crippen molar-refractivity contribution in [1.29, 1.82) is 0 Å². The molecule has 2 aromatic carbocycles. The van der Waals surface area contributed by atoms with Crippen LogP contribution in [0.15, 0.2) is 36.4 Å². The molecule has 2 amide bonds. The van der Waals surface area contributed by atoms with Gasteiger partial charge < -0.3 is 14.6 Å². The predicted octanol–water partition coefficient (Wildman–Crippen LogP) is 4.72. The zero-order chi connectivity index (χ0) is 29.6. The SMILES string of the molecule is Cc1cc(F)ccc1-c1nc(N2CCN(C)CC2)nc2c1CN(OC(=O)C(F)(F)F)C(=O)N2c1c(F)cccc1F. The third-order valence-corrected chi connectivity index (χ3v) is 6.71. The molecule has 3 aromatic rings. The number of rotatable bonds is 4. The molecule has 9 nitrogen and oxygen atoms in total. The highest BCUT2D eigenvalue weighted by atomic mass is 19.4. The molecule has 0 atom stereocenters. The number of anilines is 3. The summed E-state index contributed by atoms with van der Waals surface area (Å²) in [5.41, 5.74) is -0.310. The Kier molecular flexibility index (Phi) is 7.23. The molecule has 2 aliphatic heterocycles. The monoisotopic (exact) mass is 580 g/mol. The number of amides is 2. The number of aromatic nitrogens is 2. The largest absolute Gasteiger partial charge is 0.493 e. The van der Waals surface area contributed by atoms with Crippen LogP contribution in [-0.4, -0.2) is 71.3 Å². The van der Waals surface area contributed by atoms with Crippen LogP contribution in [0.1, 0.15) is 11.1 Å². The van der Waals surface area contributed by atoms with Gasteiger partial charge >= 0.3 is 18.2 Å². The fourth-order valence-corrected chi connectivity index (χ4v) is 4.60. The molecule has 2 aliphatic rings. The second kappa shape index (κ2) is 10.5. The van der Waals surface area contributed by atoms with Crippen LogP contribution < -0.4 is 9.80 Å². The van der Waals surface area contributed by atoms with Crippen LogP contribution in [0.2, 0.25) is 0 Å². The molecule has 1 saturated heterocycles. The van der Waals surface area contributed by atoms with Gasteiger partial charge in [-0.15, -0.1) is 5.06 Å². The Hall–Kier alpha value is -4.40. The van der Waals surface area contributed by atoms with Gasteiger partial charge in [0.2, 0.25) is 5.95 Å². The van der Waals surface area contributed by atoms with E-state index in [-0.39, 0.29) is 28.1 Å². The number of hydrogen-bond acceptors (Lipinski definition) is 7. The Balaban J connectivity index is 1.77. The van der Waals surface area contributed by atoms with Crippen LogP contribution >= 0.6 is 0 Å². The number of piperazine rings is 1. The van der Waals surface area contributed by atoms with Gasteiger partial charge in [-0.05, 0) is 49.9 Å². The quantitative estimate of drug-likeness (QED) is 0.414. The van der Waals surface area contributed by atoms with Crippen LogP contribution in [-0.2, 0) is 16.2 Å². The maximum atomic E-state index is 15.1. The van der Waals surface area contributed by atoms with Crippen molar-refractivity contribution in [3.8, 4) is 11.3 Å². The van der Waals surface area contributed by atoms with E-state index in [1.807, 2.05) is 7.05 Å². The normalized spacial score (nSPS) is 16.2. The number of urea groups is 1. The highest BCUT2D eigenvalue weighted by molar-refractivity contribution is 6.02. The van der Waals surface area contributed by atoms with Gasteiger partial charge in [-0.3, -0.25) is 0 Å². The van der Waals surface area contributed by atoms with E-state index in [9.17, 15) is 27.2 Å². The van der Waals surface area contributed by atoms with Crippen molar-refractivity contribution in [2.45, 2.75) is 19.6 Å². The maximum absolute atomic E-state index is 15.1. The van der Waals surface area contributed by atoms with E-state index in [0.29, 0.717) is 42.2 Å². The summed E-state index contributed by atoms with van der Waals surface area (Å²) >= 11 is 0. The zero-order valence-corrected chi connectivity index (χ0v) is 21.7. The average Bonchev–Trinajstić information content (AvgIpc) is 2.90. The minimum atomic E-state index is -5.48. The number of likely N-dealkylation sites (N-methyl/N-ethyl adjacent to an activating group) is 1. The van der Waals surface area contributed by atoms with Crippen LogP contribution in [0.3, 0.4) is 0 Å². The third kappa shape index (κ3) is 5.36. The van der Waals surface area contributed by atoms with Crippen molar-refractivity contribution in [3.63, 3.8) is 0 Å². The number of hydrogen-bond donors (Lipinski definition) is 0.